The van der Waals surface area contributed by atoms with E-state index in [0.717, 1.165) is 19.3 Å². The van der Waals surface area contributed by atoms with Crippen LogP contribution in [0.15, 0.2) is 24.3 Å². The van der Waals surface area contributed by atoms with Gasteiger partial charge in [0.15, 0.2) is 0 Å². The van der Waals surface area contributed by atoms with Gasteiger partial charge < -0.3 is 5.32 Å². The van der Waals surface area contributed by atoms with Crippen molar-refractivity contribution < 1.29 is 4.79 Å². The Labute approximate surface area is 97.1 Å². The van der Waals surface area contributed by atoms with Crippen molar-refractivity contribution in [1.29, 1.82) is 0 Å². The predicted octanol–water partition coefficient (Wildman–Crippen LogP) is 2.97. The predicted molar refractivity (Wildman–Crippen MR) is 65.1 cm³/mol. The van der Waals surface area contributed by atoms with Crippen molar-refractivity contribution in [3.63, 3.8) is 0 Å². The molecule has 1 aliphatic rings. The second-order valence-electron chi connectivity index (χ2n) is 4.65. The first-order chi connectivity index (χ1) is 7.70. The lowest BCUT2D eigenvalue weighted by Crippen LogP contribution is -2.29. The summed E-state index contributed by atoms with van der Waals surface area (Å²) in [5, 5.41) is 3.13. The van der Waals surface area contributed by atoms with E-state index in [1.54, 1.807) is 0 Å². The van der Waals surface area contributed by atoms with E-state index in [-0.39, 0.29) is 11.9 Å². The average Bonchev–Trinajstić information content (AvgIpc) is 3.11. The van der Waals surface area contributed by atoms with Gasteiger partial charge in [0, 0.05) is 5.92 Å². The van der Waals surface area contributed by atoms with Gasteiger partial charge in [-0.3, -0.25) is 4.79 Å². The highest BCUT2D eigenvalue weighted by molar-refractivity contribution is 5.81. The first kappa shape index (κ1) is 11.2. The Morgan fingerprint density at radius 3 is 2.50 bits per heavy atom. The van der Waals surface area contributed by atoms with Gasteiger partial charge in [-0.05, 0) is 31.7 Å². The molecule has 0 heterocycles. The van der Waals surface area contributed by atoms with Crippen LogP contribution in [0.4, 0.5) is 0 Å². The molecule has 1 unspecified atom stereocenters. The summed E-state index contributed by atoms with van der Waals surface area (Å²) < 4.78 is 0. The van der Waals surface area contributed by atoms with Gasteiger partial charge in [-0.15, -0.1) is 0 Å². The molecular formula is C14H19NO. The third-order valence-corrected chi connectivity index (χ3v) is 3.15. The Bertz CT molecular complexity index is 365. The molecule has 1 amide bonds. The first-order valence-electron chi connectivity index (χ1n) is 6.07. The van der Waals surface area contributed by atoms with Crippen LogP contribution < -0.4 is 5.32 Å². The van der Waals surface area contributed by atoms with Crippen molar-refractivity contribution in [3.05, 3.63) is 35.4 Å². The van der Waals surface area contributed by atoms with Crippen LogP contribution in [0.2, 0.25) is 0 Å². The molecular weight excluding hydrogens is 198 g/mol. The molecule has 1 aliphatic carbocycles. The zero-order chi connectivity index (χ0) is 11.5. The average molecular weight is 217 g/mol. The number of carbonyl (C=O) groups is 1. The Morgan fingerprint density at radius 1 is 1.38 bits per heavy atom. The van der Waals surface area contributed by atoms with Gasteiger partial charge in [-0.1, -0.05) is 36.8 Å². The topological polar surface area (TPSA) is 29.1 Å². The van der Waals surface area contributed by atoms with Gasteiger partial charge in [0.1, 0.15) is 0 Å². The highest BCUT2D eigenvalue weighted by Gasteiger charge is 2.30. The molecule has 2 heteroatoms. The summed E-state index contributed by atoms with van der Waals surface area (Å²) in [5.41, 5.74) is 2.47. The van der Waals surface area contributed by atoms with E-state index in [1.165, 1.54) is 11.1 Å². The van der Waals surface area contributed by atoms with E-state index in [2.05, 4.69) is 43.4 Å². The maximum Gasteiger partial charge on any atom is 0.223 e. The minimum atomic E-state index is 0.175. The summed E-state index contributed by atoms with van der Waals surface area (Å²) in [6.07, 6.45) is 3.08. The number of amides is 1. The molecule has 1 saturated carbocycles. The lowest BCUT2D eigenvalue weighted by atomic mass is 10.0. The molecule has 1 atom stereocenters. The van der Waals surface area contributed by atoms with Crippen LogP contribution in [-0.4, -0.2) is 5.91 Å². The van der Waals surface area contributed by atoms with Crippen LogP contribution in [0.1, 0.15) is 43.4 Å². The van der Waals surface area contributed by atoms with Crippen molar-refractivity contribution >= 4 is 5.91 Å². The minimum Gasteiger partial charge on any atom is -0.349 e. The highest BCUT2D eigenvalue weighted by atomic mass is 16.2. The first-order valence-corrected chi connectivity index (χ1v) is 6.07. The SMILES string of the molecule is CCC(NC(=O)C1CC1)c1ccc(C)cc1. The molecule has 1 aromatic rings. The highest BCUT2D eigenvalue weighted by Crippen LogP contribution is 2.30. The van der Waals surface area contributed by atoms with E-state index < -0.39 is 0 Å². The molecule has 0 saturated heterocycles. The molecule has 1 fully saturated rings. The monoisotopic (exact) mass is 217 g/mol. The van der Waals surface area contributed by atoms with Crippen molar-refractivity contribution in [2.45, 2.75) is 39.2 Å². The molecule has 0 spiro atoms. The van der Waals surface area contributed by atoms with Crippen LogP contribution >= 0.6 is 0 Å². The fraction of sp³-hybridized carbons (Fsp3) is 0.500. The Kier molecular flexibility index (Phi) is 3.28. The Morgan fingerprint density at radius 2 is 2.00 bits per heavy atom. The molecule has 1 N–H and O–H groups in total. The number of carbonyl (C=O) groups excluding carboxylic acids is 1. The largest absolute Gasteiger partial charge is 0.349 e. The van der Waals surface area contributed by atoms with E-state index in [0.29, 0.717) is 5.92 Å². The smallest absolute Gasteiger partial charge is 0.223 e. The van der Waals surface area contributed by atoms with Crippen LogP contribution in [0, 0.1) is 12.8 Å². The minimum absolute atomic E-state index is 0.175. The Balaban J connectivity index is 2.03. The molecule has 2 nitrogen and oxygen atoms in total. The van der Waals surface area contributed by atoms with Crippen LogP contribution in [-0.2, 0) is 4.79 Å². The van der Waals surface area contributed by atoms with Gasteiger partial charge in [-0.25, -0.2) is 0 Å². The standard InChI is InChI=1S/C14H19NO/c1-3-13(15-14(16)12-8-9-12)11-6-4-10(2)5-7-11/h4-7,12-13H,3,8-9H2,1-2H3,(H,15,16). The van der Waals surface area contributed by atoms with Gasteiger partial charge in [-0.2, -0.15) is 0 Å². The van der Waals surface area contributed by atoms with Crippen molar-refractivity contribution in [1.82, 2.24) is 5.32 Å². The zero-order valence-electron chi connectivity index (χ0n) is 9.99. The van der Waals surface area contributed by atoms with Crippen molar-refractivity contribution in [2.24, 2.45) is 5.92 Å². The molecule has 2 rings (SSSR count). The van der Waals surface area contributed by atoms with Crippen molar-refractivity contribution in [3.8, 4) is 0 Å². The summed E-state index contributed by atoms with van der Waals surface area (Å²) in [7, 11) is 0. The van der Waals surface area contributed by atoms with E-state index in [1.807, 2.05) is 0 Å². The fourth-order valence-corrected chi connectivity index (χ4v) is 1.85. The van der Waals surface area contributed by atoms with Crippen LogP contribution in [0.5, 0.6) is 0 Å². The van der Waals surface area contributed by atoms with Gasteiger partial charge in [0.05, 0.1) is 6.04 Å². The summed E-state index contributed by atoms with van der Waals surface area (Å²) in [4.78, 5) is 11.7. The van der Waals surface area contributed by atoms with Crippen LogP contribution in [0.3, 0.4) is 0 Å². The summed E-state index contributed by atoms with van der Waals surface area (Å²) in [6, 6.07) is 8.59. The van der Waals surface area contributed by atoms with Gasteiger partial charge in [0.25, 0.3) is 0 Å². The molecule has 0 aliphatic heterocycles. The third kappa shape index (κ3) is 2.63. The Hall–Kier alpha value is -1.31. The molecule has 0 bridgehead atoms. The van der Waals surface area contributed by atoms with Gasteiger partial charge >= 0.3 is 0 Å². The number of benzene rings is 1. The summed E-state index contributed by atoms with van der Waals surface area (Å²) in [6.45, 7) is 4.19. The molecule has 16 heavy (non-hydrogen) atoms. The molecule has 86 valence electrons. The van der Waals surface area contributed by atoms with E-state index in [9.17, 15) is 4.79 Å². The summed E-state index contributed by atoms with van der Waals surface area (Å²) in [5.74, 6) is 0.520. The molecule has 1 aromatic carbocycles. The number of nitrogens with one attached hydrogen (secondary N) is 1. The van der Waals surface area contributed by atoms with Crippen LogP contribution in [0.25, 0.3) is 0 Å². The fourth-order valence-electron chi connectivity index (χ4n) is 1.85. The second kappa shape index (κ2) is 4.69. The normalized spacial score (nSPS) is 16.9. The van der Waals surface area contributed by atoms with Crippen molar-refractivity contribution in [2.75, 3.05) is 0 Å². The van der Waals surface area contributed by atoms with E-state index >= 15 is 0 Å². The zero-order valence-corrected chi connectivity index (χ0v) is 9.99. The number of hydrogen-bond donors (Lipinski definition) is 1. The quantitative estimate of drug-likeness (QED) is 0.825. The van der Waals surface area contributed by atoms with Gasteiger partial charge in [0.2, 0.25) is 5.91 Å². The molecule has 0 radical (unpaired) electrons. The number of aryl methyl sites for hydroxylation is 1. The second-order valence-corrected chi connectivity index (χ2v) is 4.65. The lowest BCUT2D eigenvalue weighted by molar-refractivity contribution is -0.123. The number of hydrogen-bond acceptors (Lipinski definition) is 1. The summed E-state index contributed by atoms with van der Waals surface area (Å²) >= 11 is 0. The third-order valence-electron chi connectivity index (χ3n) is 3.15. The van der Waals surface area contributed by atoms with E-state index in [4.69, 9.17) is 0 Å². The maximum atomic E-state index is 11.7. The maximum absolute atomic E-state index is 11.7. The lowest BCUT2D eigenvalue weighted by Gasteiger charge is -2.17. The number of rotatable bonds is 4. The molecule has 0 aromatic heterocycles.